The highest BCUT2D eigenvalue weighted by Crippen LogP contribution is 2.22. The average molecular weight is 340 g/mol. The van der Waals surface area contributed by atoms with Gasteiger partial charge >= 0.3 is 5.97 Å². The van der Waals surface area contributed by atoms with Crippen LogP contribution in [-0.4, -0.2) is 37.0 Å². The number of methoxy groups -OCH3 is 1. The van der Waals surface area contributed by atoms with E-state index in [1.54, 1.807) is 11.0 Å². The molecular formula is C15H18BrNO3. The topological polar surface area (TPSA) is 46.6 Å². The Morgan fingerprint density at radius 1 is 1.40 bits per heavy atom. The van der Waals surface area contributed by atoms with E-state index in [-0.39, 0.29) is 17.8 Å². The van der Waals surface area contributed by atoms with E-state index in [1.807, 2.05) is 19.1 Å². The summed E-state index contributed by atoms with van der Waals surface area (Å²) in [5.41, 5.74) is 1.69. The number of hydrogen-bond donors (Lipinski definition) is 0. The SMILES string of the molecule is COC(=O)[C@H]1CCCN(C(=O)c2ccc(Br)c(C)c2)C1. The number of halogens is 1. The van der Waals surface area contributed by atoms with Crippen LogP contribution < -0.4 is 0 Å². The zero-order valence-electron chi connectivity index (χ0n) is 11.7. The molecule has 20 heavy (non-hydrogen) atoms. The van der Waals surface area contributed by atoms with Gasteiger partial charge in [0.05, 0.1) is 13.0 Å². The quantitative estimate of drug-likeness (QED) is 0.778. The molecule has 1 aliphatic heterocycles. The Hall–Kier alpha value is -1.36. The summed E-state index contributed by atoms with van der Waals surface area (Å²) in [5.74, 6) is -0.446. The Morgan fingerprint density at radius 2 is 2.15 bits per heavy atom. The Labute approximate surface area is 127 Å². The first-order chi connectivity index (χ1) is 9.52. The van der Waals surface area contributed by atoms with Gasteiger partial charge in [0.1, 0.15) is 0 Å². The molecule has 0 spiro atoms. The fourth-order valence-corrected chi connectivity index (χ4v) is 2.73. The number of carbonyl (C=O) groups excluding carboxylic acids is 2. The molecule has 0 unspecified atom stereocenters. The zero-order valence-corrected chi connectivity index (χ0v) is 13.3. The van der Waals surface area contributed by atoms with E-state index in [2.05, 4.69) is 15.9 Å². The number of likely N-dealkylation sites (tertiary alicyclic amines) is 1. The lowest BCUT2D eigenvalue weighted by molar-refractivity contribution is -0.146. The molecule has 1 fully saturated rings. The first-order valence-corrected chi connectivity index (χ1v) is 7.45. The van der Waals surface area contributed by atoms with Crippen LogP contribution in [0.15, 0.2) is 22.7 Å². The van der Waals surface area contributed by atoms with Gasteiger partial charge in [0.25, 0.3) is 5.91 Å². The highest BCUT2D eigenvalue weighted by Gasteiger charge is 2.29. The molecule has 0 radical (unpaired) electrons. The molecule has 1 heterocycles. The summed E-state index contributed by atoms with van der Waals surface area (Å²) < 4.78 is 5.76. The molecule has 108 valence electrons. The van der Waals surface area contributed by atoms with Gasteiger partial charge in [0.2, 0.25) is 0 Å². The van der Waals surface area contributed by atoms with Gasteiger partial charge in [-0.2, -0.15) is 0 Å². The maximum Gasteiger partial charge on any atom is 0.310 e. The molecule has 5 heteroatoms. The summed E-state index contributed by atoms with van der Waals surface area (Å²) in [6, 6.07) is 5.56. The molecule has 2 rings (SSSR count). The first kappa shape index (κ1) is 15.0. The molecule has 1 atom stereocenters. The number of hydrogen-bond acceptors (Lipinski definition) is 3. The molecule has 0 N–H and O–H groups in total. The molecule has 0 bridgehead atoms. The number of nitrogens with zero attached hydrogens (tertiary/aromatic N) is 1. The van der Waals surface area contributed by atoms with E-state index in [0.717, 1.165) is 22.9 Å². The monoisotopic (exact) mass is 339 g/mol. The second-order valence-corrected chi connectivity index (χ2v) is 5.93. The minimum Gasteiger partial charge on any atom is -0.469 e. The van der Waals surface area contributed by atoms with E-state index in [0.29, 0.717) is 18.7 Å². The summed E-state index contributed by atoms with van der Waals surface area (Å²) in [6.45, 7) is 3.09. The van der Waals surface area contributed by atoms with Crippen LogP contribution >= 0.6 is 15.9 Å². The minimum atomic E-state index is -0.227. The number of ether oxygens (including phenoxy) is 1. The molecule has 1 aromatic carbocycles. The molecule has 0 aromatic heterocycles. The highest BCUT2D eigenvalue weighted by atomic mass is 79.9. The smallest absolute Gasteiger partial charge is 0.310 e. The Morgan fingerprint density at radius 3 is 2.80 bits per heavy atom. The molecule has 1 aromatic rings. The third kappa shape index (κ3) is 3.20. The molecule has 4 nitrogen and oxygen atoms in total. The average Bonchev–Trinajstić information content (AvgIpc) is 2.48. The summed E-state index contributed by atoms with van der Waals surface area (Å²) in [7, 11) is 1.39. The second kappa shape index (κ2) is 6.39. The van der Waals surface area contributed by atoms with Crippen LogP contribution in [0.4, 0.5) is 0 Å². The maximum absolute atomic E-state index is 12.5. The van der Waals surface area contributed by atoms with Crippen LogP contribution in [0.2, 0.25) is 0 Å². The van der Waals surface area contributed by atoms with Crippen molar-refractivity contribution in [2.45, 2.75) is 19.8 Å². The van der Waals surface area contributed by atoms with Crippen molar-refractivity contribution in [2.24, 2.45) is 5.92 Å². The lowest BCUT2D eigenvalue weighted by Crippen LogP contribution is -2.42. The second-order valence-electron chi connectivity index (χ2n) is 5.08. The zero-order chi connectivity index (χ0) is 14.7. The van der Waals surface area contributed by atoms with Crippen LogP contribution in [-0.2, 0) is 9.53 Å². The summed E-state index contributed by atoms with van der Waals surface area (Å²) in [5, 5.41) is 0. The highest BCUT2D eigenvalue weighted by molar-refractivity contribution is 9.10. The van der Waals surface area contributed by atoms with E-state index < -0.39 is 0 Å². The van der Waals surface area contributed by atoms with Crippen LogP contribution in [0.3, 0.4) is 0 Å². The van der Waals surface area contributed by atoms with Crippen molar-refractivity contribution in [1.82, 2.24) is 4.90 Å². The summed E-state index contributed by atoms with van der Waals surface area (Å²) in [4.78, 5) is 25.8. The van der Waals surface area contributed by atoms with Gasteiger partial charge in [0.15, 0.2) is 0 Å². The lowest BCUT2D eigenvalue weighted by Gasteiger charge is -2.31. The van der Waals surface area contributed by atoms with Crippen molar-refractivity contribution in [1.29, 1.82) is 0 Å². The van der Waals surface area contributed by atoms with Crippen LogP contribution in [0, 0.1) is 12.8 Å². The van der Waals surface area contributed by atoms with E-state index >= 15 is 0 Å². The fourth-order valence-electron chi connectivity index (χ4n) is 2.48. The number of amides is 1. The van der Waals surface area contributed by atoms with Crippen molar-refractivity contribution in [3.63, 3.8) is 0 Å². The molecule has 0 aliphatic carbocycles. The van der Waals surface area contributed by atoms with Gasteiger partial charge in [0, 0.05) is 23.1 Å². The summed E-state index contributed by atoms with van der Waals surface area (Å²) >= 11 is 3.43. The van der Waals surface area contributed by atoms with Gasteiger partial charge in [-0.15, -0.1) is 0 Å². The molecule has 1 saturated heterocycles. The van der Waals surface area contributed by atoms with Gasteiger partial charge in [-0.1, -0.05) is 15.9 Å². The van der Waals surface area contributed by atoms with Crippen molar-refractivity contribution in [3.8, 4) is 0 Å². The maximum atomic E-state index is 12.5. The molecular weight excluding hydrogens is 322 g/mol. The fraction of sp³-hybridized carbons (Fsp3) is 0.467. The standard InChI is InChI=1S/C15H18BrNO3/c1-10-8-11(5-6-13(10)16)14(18)17-7-3-4-12(9-17)15(19)20-2/h5-6,8,12H,3-4,7,9H2,1-2H3/t12-/m0/s1. The van der Waals surface area contributed by atoms with Crippen molar-refractivity contribution in [2.75, 3.05) is 20.2 Å². The predicted octanol–water partition coefficient (Wildman–Crippen LogP) is 2.78. The van der Waals surface area contributed by atoms with Gasteiger partial charge in [-0.25, -0.2) is 0 Å². The number of carbonyl (C=O) groups is 2. The normalized spacial score (nSPS) is 18.8. The predicted molar refractivity (Wildman–Crippen MR) is 79.5 cm³/mol. The van der Waals surface area contributed by atoms with Gasteiger partial charge in [-0.3, -0.25) is 9.59 Å². The molecule has 0 saturated carbocycles. The van der Waals surface area contributed by atoms with E-state index in [9.17, 15) is 9.59 Å². The Balaban J connectivity index is 2.12. The van der Waals surface area contributed by atoms with E-state index in [4.69, 9.17) is 4.74 Å². The van der Waals surface area contributed by atoms with Crippen molar-refractivity contribution >= 4 is 27.8 Å². The minimum absolute atomic E-state index is 0.0193. The molecule has 1 amide bonds. The van der Waals surface area contributed by atoms with Crippen LogP contribution in [0.5, 0.6) is 0 Å². The number of benzene rings is 1. The van der Waals surface area contributed by atoms with Crippen molar-refractivity contribution in [3.05, 3.63) is 33.8 Å². The third-order valence-electron chi connectivity index (χ3n) is 3.65. The largest absolute Gasteiger partial charge is 0.469 e. The number of piperidine rings is 1. The van der Waals surface area contributed by atoms with Crippen LogP contribution in [0.1, 0.15) is 28.8 Å². The van der Waals surface area contributed by atoms with E-state index in [1.165, 1.54) is 7.11 Å². The van der Waals surface area contributed by atoms with Crippen LogP contribution in [0.25, 0.3) is 0 Å². The van der Waals surface area contributed by atoms with Gasteiger partial charge < -0.3 is 9.64 Å². The van der Waals surface area contributed by atoms with Crippen molar-refractivity contribution < 1.29 is 14.3 Å². The lowest BCUT2D eigenvalue weighted by atomic mass is 9.97. The first-order valence-electron chi connectivity index (χ1n) is 6.66. The third-order valence-corrected chi connectivity index (χ3v) is 4.54. The Kier molecular flexibility index (Phi) is 4.81. The summed E-state index contributed by atoms with van der Waals surface area (Å²) in [6.07, 6.45) is 1.62. The van der Waals surface area contributed by atoms with Gasteiger partial charge in [-0.05, 0) is 43.5 Å². The molecule has 1 aliphatic rings. The number of esters is 1. The number of rotatable bonds is 2. The number of aryl methyl sites for hydroxylation is 1. The Bertz CT molecular complexity index is 530.